The van der Waals surface area contributed by atoms with Crippen LogP contribution < -0.4 is 11.1 Å². The Labute approximate surface area is 119 Å². The van der Waals surface area contributed by atoms with Crippen LogP contribution in [0, 0.1) is 6.92 Å². The van der Waals surface area contributed by atoms with Crippen molar-refractivity contribution in [1.29, 1.82) is 0 Å². The van der Waals surface area contributed by atoms with Crippen LogP contribution in [0.2, 0.25) is 0 Å². The van der Waals surface area contributed by atoms with E-state index >= 15 is 0 Å². The molecule has 0 radical (unpaired) electrons. The number of benzene rings is 1. The first-order chi connectivity index (χ1) is 9.51. The molecule has 1 atom stereocenters. The third-order valence-electron chi connectivity index (χ3n) is 3.38. The zero-order chi connectivity index (χ0) is 14.6. The number of nitrogens with two attached hydrogens (primary N) is 1. The molecule has 0 bridgehead atoms. The van der Waals surface area contributed by atoms with Crippen molar-refractivity contribution in [3.05, 3.63) is 65.5 Å². The molecular formula is C16H19N3O. The fourth-order valence-electron chi connectivity index (χ4n) is 1.97. The molecule has 1 amide bonds. The van der Waals surface area contributed by atoms with E-state index < -0.39 is 5.54 Å². The average molecular weight is 269 g/mol. The molecule has 2 aromatic rings. The maximum absolute atomic E-state index is 12.3. The van der Waals surface area contributed by atoms with E-state index in [0.717, 1.165) is 16.8 Å². The van der Waals surface area contributed by atoms with Gasteiger partial charge in [-0.1, -0.05) is 36.4 Å². The Morgan fingerprint density at radius 2 is 1.95 bits per heavy atom. The molecule has 1 heterocycles. The van der Waals surface area contributed by atoms with Crippen LogP contribution >= 0.6 is 0 Å². The number of hydrogen-bond donors (Lipinski definition) is 2. The molecule has 0 saturated carbocycles. The van der Waals surface area contributed by atoms with Gasteiger partial charge in [-0.3, -0.25) is 9.78 Å². The summed E-state index contributed by atoms with van der Waals surface area (Å²) in [6, 6.07) is 13.2. The van der Waals surface area contributed by atoms with Gasteiger partial charge in [0.2, 0.25) is 5.91 Å². The summed E-state index contributed by atoms with van der Waals surface area (Å²) in [4.78, 5) is 16.5. The van der Waals surface area contributed by atoms with Gasteiger partial charge in [0.1, 0.15) is 5.54 Å². The van der Waals surface area contributed by atoms with Crippen molar-refractivity contribution in [2.24, 2.45) is 5.73 Å². The summed E-state index contributed by atoms with van der Waals surface area (Å²) >= 11 is 0. The summed E-state index contributed by atoms with van der Waals surface area (Å²) in [5, 5.41) is 2.85. The maximum Gasteiger partial charge on any atom is 0.244 e. The van der Waals surface area contributed by atoms with E-state index in [2.05, 4.69) is 10.3 Å². The fraction of sp³-hybridized carbons (Fsp3) is 0.250. The van der Waals surface area contributed by atoms with Crippen LogP contribution in [0.5, 0.6) is 0 Å². The minimum atomic E-state index is -1.05. The molecule has 1 aromatic carbocycles. The molecular weight excluding hydrogens is 250 g/mol. The lowest BCUT2D eigenvalue weighted by atomic mass is 9.92. The van der Waals surface area contributed by atoms with Crippen LogP contribution in [0.4, 0.5) is 0 Å². The molecule has 1 aromatic heterocycles. The average Bonchev–Trinajstić information content (AvgIpc) is 2.47. The second-order valence-electron chi connectivity index (χ2n) is 5.02. The molecule has 4 heteroatoms. The second-order valence-corrected chi connectivity index (χ2v) is 5.02. The van der Waals surface area contributed by atoms with Crippen molar-refractivity contribution >= 4 is 5.91 Å². The first-order valence-corrected chi connectivity index (χ1v) is 6.55. The third kappa shape index (κ3) is 3.03. The van der Waals surface area contributed by atoms with Gasteiger partial charge in [-0.2, -0.15) is 0 Å². The summed E-state index contributed by atoms with van der Waals surface area (Å²) in [6.45, 7) is 4.06. The highest BCUT2D eigenvalue weighted by Crippen LogP contribution is 2.17. The Kier molecular flexibility index (Phi) is 4.15. The standard InChI is InChI=1S/C16H19N3O/c1-12-7-6-10-18-14(12)11-19-15(20)16(2,17)13-8-4-3-5-9-13/h3-10H,11,17H2,1-2H3,(H,19,20). The quantitative estimate of drug-likeness (QED) is 0.890. The Morgan fingerprint density at radius 3 is 2.60 bits per heavy atom. The molecule has 1 unspecified atom stereocenters. The van der Waals surface area contributed by atoms with Crippen molar-refractivity contribution in [2.75, 3.05) is 0 Å². The van der Waals surface area contributed by atoms with Gasteiger partial charge in [0, 0.05) is 6.20 Å². The molecule has 104 valence electrons. The van der Waals surface area contributed by atoms with E-state index in [1.807, 2.05) is 49.4 Å². The topological polar surface area (TPSA) is 68.0 Å². The Bertz CT molecular complexity index is 594. The van der Waals surface area contributed by atoms with E-state index in [1.165, 1.54) is 0 Å². The van der Waals surface area contributed by atoms with Crippen molar-refractivity contribution in [3.63, 3.8) is 0 Å². The number of carbonyl (C=O) groups excluding carboxylic acids is 1. The summed E-state index contributed by atoms with van der Waals surface area (Å²) in [5.74, 6) is -0.214. The zero-order valence-electron chi connectivity index (χ0n) is 11.8. The minimum absolute atomic E-state index is 0.214. The van der Waals surface area contributed by atoms with Crippen LogP contribution in [-0.4, -0.2) is 10.9 Å². The minimum Gasteiger partial charge on any atom is -0.349 e. The monoisotopic (exact) mass is 269 g/mol. The highest BCUT2D eigenvalue weighted by Gasteiger charge is 2.30. The first kappa shape index (κ1) is 14.2. The maximum atomic E-state index is 12.3. The van der Waals surface area contributed by atoms with E-state index in [0.29, 0.717) is 6.54 Å². The first-order valence-electron chi connectivity index (χ1n) is 6.55. The molecule has 0 spiro atoms. The molecule has 2 rings (SSSR count). The van der Waals surface area contributed by atoms with Gasteiger partial charge in [0.05, 0.1) is 12.2 Å². The van der Waals surface area contributed by atoms with Crippen molar-refractivity contribution in [2.45, 2.75) is 25.9 Å². The number of aromatic nitrogens is 1. The number of hydrogen-bond acceptors (Lipinski definition) is 3. The molecule has 0 saturated heterocycles. The Balaban J connectivity index is 2.07. The Hall–Kier alpha value is -2.20. The molecule has 3 N–H and O–H groups in total. The zero-order valence-corrected chi connectivity index (χ0v) is 11.8. The van der Waals surface area contributed by atoms with E-state index in [1.54, 1.807) is 13.1 Å². The Morgan fingerprint density at radius 1 is 1.25 bits per heavy atom. The van der Waals surface area contributed by atoms with E-state index in [9.17, 15) is 4.79 Å². The number of rotatable bonds is 4. The second kappa shape index (κ2) is 5.84. The van der Waals surface area contributed by atoms with Crippen LogP contribution in [0.1, 0.15) is 23.7 Å². The van der Waals surface area contributed by atoms with E-state index in [4.69, 9.17) is 5.73 Å². The molecule has 0 aliphatic heterocycles. The normalized spacial score (nSPS) is 13.6. The number of nitrogens with zero attached hydrogens (tertiary/aromatic N) is 1. The third-order valence-corrected chi connectivity index (χ3v) is 3.38. The number of carbonyl (C=O) groups is 1. The fourth-order valence-corrected chi connectivity index (χ4v) is 1.97. The summed E-state index contributed by atoms with van der Waals surface area (Å²) < 4.78 is 0. The molecule has 0 aliphatic rings. The van der Waals surface area contributed by atoms with Gasteiger partial charge in [0.15, 0.2) is 0 Å². The van der Waals surface area contributed by atoms with Crippen LogP contribution in [0.3, 0.4) is 0 Å². The molecule has 4 nitrogen and oxygen atoms in total. The van der Waals surface area contributed by atoms with Crippen LogP contribution in [0.15, 0.2) is 48.7 Å². The number of amides is 1. The smallest absolute Gasteiger partial charge is 0.244 e. The predicted octanol–water partition coefficient (Wildman–Crippen LogP) is 1.88. The lowest BCUT2D eigenvalue weighted by Gasteiger charge is -2.24. The number of pyridine rings is 1. The van der Waals surface area contributed by atoms with Gasteiger partial charge < -0.3 is 11.1 Å². The van der Waals surface area contributed by atoms with E-state index in [-0.39, 0.29) is 5.91 Å². The van der Waals surface area contributed by atoms with Crippen molar-refractivity contribution < 1.29 is 4.79 Å². The number of nitrogens with one attached hydrogen (secondary N) is 1. The van der Waals surface area contributed by atoms with Gasteiger partial charge in [0.25, 0.3) is 0 Å². The largest absolute Gasteiger partial charge is 0.349 e. The lowest BCUT2D eigenvalue weighted by Crippen LogP contribution is -2.48. The van der Waals surface area contributed by atoms with Crippen molar-refractivity contribution in [3.8, 4) is 0 Å². The lowest BCUT2D eigenvalue weighted by molar-refractivity contribution is -0.126. The molecule has 20 heavy (non-hydrogen) atoms. The highest BCUT2D eigenvalue weighted by atomic mass is 16.2. The van der Waals surface area contributed by atoms with Gasteiger partial charge >= 0.3 is 0 Å². The van der Waals surface area contributed by atoms with Gasteiger partial charge in [-0.25, -0.2) is 0 Å². The van der Waals surface area contributed by atoms with Crippen LogP contribution in [0.25, 0.3) is 0 Å². The predicted molar refractivity (Wildman–Crippen MR) is 78.8 cm³/mol. The van der Waals surface area contributed by atoms with Crippen molar-refractivity contribution in [1.82, 2.24) is 10.3 Å². The van der Waals surface area contributed by atoms with Gasteiger partial charge in [-0.05, 0) is 31.0 Å². The summed E-state index contributed by atoms with van der Waals surface area (Å²) in [5.41, 5.74) is 7.79. The summed E-state index contributed by atoms with van der Waals surface area (Å²) in [7, 11) is 0. The highest BCUT2D eigenvalue weighted by molar-refractivity contribution is 5.86. The number of aryl methyl sites for hydroxylation is 1. The summed E-state index contributed by atoms with van der Waals surface area (Å²) in [6.07, 6.45) is 1.72. The SMILES string of the molecule is Cc1cccnc1CNC(=O)C(C)(N)c1ccccc1. The van der Waals surface area contributed by atoms with Crippen LogP contribution in [-0.2, 0) is 16.9 Å². The molecule has 0 aliphatic carbocycles. The molecule has 0 fully saturated rings. The van der Waals surface area contributed by atoms with Gasteiger partial charge in [-0.15, -0.1) is 0 Å².